The van der Waals surface area contributed by atoms with Gasteiger partial charge in [-0.3, -0.25) is 4.79 Å². The number of anilines is 1. The molecule has 1 N–H and O–H groups in total. The molecule has 1 amide bonds. The molecule has 1 aliphatic heterocycles. The van der Waals surface area contributed by atoms with E-state index in [4.69, 9.17) is 9.47 Å². The summed E-state index contributed by atoms with van der Waals surface area (Å²) in [6.07, 6.45) is 1.60. The van der Waals surface area contributed by atoms with Crippen LogP contribution in [0.3, 0.4) is 0 Å². The summed E-state index contributed by atoms with van der Waals surface area (Å²) >= 11 is 0. The van der Waals surface area contributed by atoms with E-state index in [-0.39, 0.29) is 15.7 Å². The van der Waals surface area contributed by atoms with Crippen LogP contribution in [0.15, 0.2) is 40.1 Å². The molecule has 0 bridgehead atoms. The second-order valence-electron chi connectivity index (χ2n) is 7.19. The van der Waals surface area contributed by atoms with E-state index in [0.29, 0.717) is 44.0 Å². The number of carbonyl (C=O) groups excluding carboxylic acids is 1. The van der Waals surface area contributed by atoms with Gasteiger partial charge in [-0.1, -0.05) is 18.2 Å². The second-order valence-corrected chi connectivity index (χ2v) is 9.08. The summed E-state index contributed by atoms with van der Waals surface area (Å²) in [5.41, 5.74) is 1.44. The van der Waals surface area contributed by atoms with Crippen LogP contribution >= 0.6 is 0 Å². The van der Waals surface area contributed by atoms with Crippen LogP contribution in [0.4, 0.5) is 5.82 Å². The fraction of sp³-hybridized carbons (Fsp3) is 0.476. The standard InChI is InChI=1S/C21H28N2O5S/c1-15-16(2)23(12-8-13-27-3)20(22-21(24)18-11-7-14-28-18)19(15)29(25,26)17-9-5-4-6-10-17/h4-6,9-10,18H,7-8,11-14H2,1-3H3,(H,22,24). The molecular weight excluding hydrogens is 392 g/mol. The summed E-state index contributed by atoms with van der Waals surface area (Å²) in [4.78, 5) is 13.1. The van der Waals surface area contributed by atoms with Crippen molar-refractivity contribution < 1.29 is 22.7 Å². The molecule has 1 unspecified atom stereocenters. The Morgan fingerprint density at radius 2 is 2.00 bits per heavy atom. The topological polar surface area (TPSA) is 86.6 Å². The van der Waals surface area contributed by atoms with Gasteiger partial charge in [0.2, 0.25) is 9.84 Å². The van der Waals surface area contributed by atoms with E-state index in [0.717, 1.165) is 12.1 Å². The molecule has 0 spiro atoms. The van der Waals surface area contributed by atoms with Crippen molar-refractivity contribution >= 4 is 21.6 Å². The normalized spacial score (nSPS) is 16.9. The average Bonchev–Trinajstić information content (AvgIpc) is 3.32. The van der Waals surface area contributed by atoms with Crippen molar-refractivity contribution in [1.82, 2.24) is 4.57 Å². The lowest BCUT2D eigenvalue weighted by Crippen LogP contribution is -2.29. The van der Waals surface area contributed by atoms with Crippen molar-refractivity contribution in [3.63, 3.8) is 0 Å². The Balaban J connectivity index is 2.08. The molecule has 0 saturated carbocycles. The molecule has 2 heterocycles. The number of hydrogen-bond acceptors (Lipinski definition) is 5. The van der Waals surface area contributed by atoms with E-state index in [2.05, 4.69) is 5.32 Å². The highest BCUT2D eigenvalue weighted by molar-refractivity contribution is 7.91. The van der Waals surface area contributed by atoms with E-state index in [1.165, 1.54) is 0 Å². The van der Waals surface area contributed by atoms with Gasteiger partial charge < -0.3 is 19.4 Å². The Bertz CT molecular complexity index is 961. The van der Waals surface area contributed by atoms with Gasteiger partial charge >= 0.3 is 0 Å². The summed E-state index contributed by atoms with van der Waals surface area (Å²) in [7, 11) is -2.19. The lowest BCUT2D eigenvalue weighted by Gasteiger charge is -2.16. The fourth-order valence-electron chi connectivity index (χ4n) is 3.63. The first-order valence-electron chi connectivity index (χ1n) is 9.79. The summed E-state index contributed by atoms with van der Waals surface area (Å²) in [6.45, 7) is 5.26. The molecule has 1 aliphatic rings. The summed E-state index contributed by atoms with van der Waals surface area (Å²) in [5, 5.41) is 2.86. The van der Waals surface area contributed by atoms with Crippen molar-refractivity contribution in [2.24, 2.45) is 0 Å². The van der Waals surface area contributed by atoms with Gasteiger partial charge in [0.1, 0.15) is 16.8 Å². The number of aromatic nitrogens is 1. The number of methoxy groups -OCH3 is 1. The number of sulfone groups is 1. The molecule has 1 aromatic heterocycles. The number of benzene rings is 1. The van der Waals surface area contributed by atoms with Crippen molar-refractivity contribution in [3.05, 3.63) is 41.6 Å². The van der Waals surface area contributed by atoms with Crippen molar-refractivity contribution in [3.8, 4) is 0 Å². The molecule has 3 rings (SSSR count). The van der Waals surface area contributed by atoms with Crippen molar-refractivity contribution in [1.29, 1.82) is 0 Å². The minimum Gasteiger partial charge on any atom is -0.385 e. The molecule has 7 nitrogen and oxygen atoms in total. The molecule has 0 aliphatic carbocycles. The highest BCUT2D eigenvalue weighted by Gasteiger charge is 2.32. The molecule has 29 heavy (non-hydrogen) atoms. The number of ether oxygens (including phenoxy) is 2. The van der Waals surface area contributed by atoms with Crippen LogP contribution in [-0.2, 0) is 30.7 Å². The molecule has 2 aromatic rings. The molecule has 158 valence electrons. The second kappa shape index (κ2) is 9.11. The van der Waals surface area contributed by atoms with Crippen LogP contribution in [0, 0.1) is 13.8 Å². The van der Waals surface area contributed by atoms with Crippen LogP contribution in [0.25, 0.3) is 0 Å². The van der Waals surface area contributed by atoms with E-state index in [9.17, 15) is 13.2 Å². The predicted molar refractivity (Wildman–Crippen MR) is 110 cm³/mol. The first kappa shape index (κ1) is 21.5. The van der Waals surface area contributed by atoms with Gasteiger partial charge in [0, 0.05) is 32.6 Å². The minimum atomic E-state index is -3.81. The molecule has 1 fully saturated rings. The highest BCUT2D eigenvalue weighted by atomic mass is 32.2. The molecule has 1 aromatic carbocycles. The number of nitrogens with one attached hydrogen (secondary N) is 1. The SMILES string of the molecule is COCCCn1c(C)c(C)c(S(=O)(=O)c2ccccc2)c1NC(=O)C1CCCO1. The third-order valence-corrected chi connectivity index (χ3v) is 7.22. The third-order valence-electron chi connectivity index (χ3n) is 5.29. The zero-order valence-electron chi connectivity index (χ0n) is 17.1. The highest BCUT2D eigenvalue weighted by Crippen LogP contribution is 2.35. The minimum absolute atomic E-state index is 0.143. The monoisotopic (exact) mass is 420 g/mol. The van der Waals surface area contributed by atoms with Gasteiger partial charge in [0.15, 0.2) is 0 Å². The number of rotatable bonds is 8. The Labute approximate surface area is 171 Å². The Kier molecular flexibility index (Phi) is 6.77. The first-order valence-corrected chi connectivity index (χ1v) is 11.3. The number of amides is 1. The summed E-state index contributed by atoms with van der Waals surface area (Å²) < 4.78 is 39.4. The van der Waals surface area contributed by atoms with Gasteiger partial charge in [-0.05, 0) is 50.8 Å². The maximum atomic E-state index is 13.5. The van der Waals surface area contributed by atoms with Gasteiger partial charge in [0.05, 0.1) is 4.90 Å². The summed E-state index contributed by atoms with van der Waals surface area (Å²) in [5.74, 6) is -0.00189. The Hall–Kier alpha value is -2.16. The number of carbonyl (C=O) groups is 1. The molecular formula is C21H28N2O5S. The molecule has 0 radical (unpaired) electrons. The lowest BCUT2D eigenvalue weighted by molar-refractivity contribution is -0.124. The van der Waals surface area contributed by atoms with E-state index < -0.39 is 15.9 Å². The number of hydrogen-bond donors (Lipinski definition) is 1. The fourth-order valence-corrected chi connectivity index (χ4v) is 5.35. The van der Waals surface area contributed by atoms with E-state index in [1.54, 1.807) is 44.4 Å². The van der Waals surface area contributed by atoms with Crippen LogP contribution < -0.4 is 5.32 Å². The van der Waals surface area contributed by atoms with Crippen LogP contribution in [0.2, 0.25) is 0 Å². The largest absolute Gasteiger partial charge is 0.385 e. The molecule has 1 atom stereocenters. The average molecular weight is 421 g/mol. The number of nitrogens with zero attached hydrogens (tertiary/aromatic N) is 1. The van der Waals surface area contributed by atoms with E-state index >= 15 is 0 Å². The van der Waals surface area contributed by atoms with Crippen molar-refractivity contribution in [2.45, 2.75) is 55.5 Å². The summed E-state index contributed by atoms with van der Waals surface area (Å²) in [6, 6.07) is 8.29. The van der Waals surface area contributed by atoms with Crippen LogP contribution in [0.5, 0.6) is 0 Å². The van der Waals surface area contributed by atoms with Gasteiger partial charge in [-0.2, -0.15) is 0 Å². The van der Waals surface area contributed by atoms with Gasteiger partial charge in [-0.15, -0.1) is 0 Å². The zero-order chi connectivity index (χ0) is 21.0. The van der Waals surface area contributed by atoms with Gasteiger partial charge in [-0.25, -0.2) is 8.42 Å². The predicted octanol–water partition coefficient (Wildman–Crippen LogP) is 3.09. The van der Waals surface area contributed by atoms with Crippen LogP contribution in [-0.4, -0.2) is 45.3 Å². The van der Waals surface area contributed by atoms with Gasteiger partial charge in [0.25, 0.3) is 5.91 Å². The zero-order valence-corrected chi connectivity index (χ0v) is 17.9. The van der Waals surface area contributed by atoms with E-state index in [1.807, 2.05) is 11.5 Å². The first-order chi connectivity index (χ1) is 13.9. The molecule has 8 heteroatoms. The maximum Gasteiger partial charge on any atom is 0.254 e. The smallest absolute Gasteiger partial charge is 0.254 e. The van der Waals surface area contributed by atoms with Crippen molar-refractivity contribution in [2.75, 3.05) is 25.6 Å². The Morgan fingerprint density at radius 3 is 2.62 bits per heavy atom. The van der Waals surface area contributed by atoms with Crippen LogP contribution in [0.1, 0.15) is 30.5 Å². The lowest BCUT2D eigenvalue weighted by atomic mass is 10.2. The maximum absolute atomic E-state index is 13.5. The Morgan fingerprint density at radius 1 is 1.28 bits per heavy atom. The third kappa shape index (κ3) is 4.39. The molecule has 1 saturated heterocycles. The quantitative estimate of drug-likeness (QED) is 0.663.